The van der Waals surface area contributed by atoms with Crippen LogP contribution in [0.15, 0.2) is 58.4 Å². The molecule has 0 aromatic heterocycles. The van der Waals surface area contributed by atoms with Gasteiger partial charge in [0.1, 0.15) is 11.9 Å². The first-order valence-electron chi connectivity index (χ1n) is 9.30. The molecule has 1 heterocycles. The second-order valence-corrected chi connectivity index (χ2v) is 8.38. The van der Waals surface area contributed by atoms with Gasteiger partial charge in [0.05, 0.1) is 4.90 Å². The molecule has 0 bridgehead atoms. The van der Waals surface area contributed by atoms with Gasteiger partial charge in [0.15, 0.2) is 12.4 Å². The predicted octanol–water partition coefficient (Wildman–Crippen LogP) is 2.49. The summed E-state index contributed by atoms with van der Waals surface area (Å²) in [7, 11) is -3.68. The number of aliphatic imine (C=N–C) groups is 1. The lowest BCUT2D eigenvalue weighted by atomic mass is 10.1. The Labute approximate surface area is 169 Å². The number of aryl methyl sites for hydroxylation is 1. The second kappa shape index (κ2) is 8.57. The van der Waals surface area contributed by atoms with Crippen LogP contribution in [0.5, 0.6) is 0 Å². The van der Waals surface area contributed by atoms with Crippen molar-refractivity contribution in [1.82, 2.24) is 4.72 Å². The number of fused-ring (bicyclic) bond motifs is 1. The predicted molar refractivity (Wildman–Crippen MR) is 108 cm³/mol. The lowest BCUT2D eigenvalue weighted by Crippen LogP contribution is -2.27. The Kier molecular flexibility index (Phi) is 6.12. The summed E-state index contributed by atoms with van der Waals surface area (Å²) in [5.41, 5.74) is 2.01. The van der Waals surface area contributed by atoms with Crippen LogP contribution in [0.25, 0.3) is 0 Å². The Balaban J connectivity index is 1.63. The van der Waals surface area contributed by atoms with Crippen molar-refractivity contribution in [1.29, 1.82) is 0 Å². The fourth-order valence-electron chi connectivity index (χ4n) is 2.96. The number of nitrogens with one attached hydrogen (secondary N) is 1. The summed E-state index contributed by atoms with van der Waals surface area (Å²) in [5.74, 6) is -0.937. The topological polar surface area (TPSA) is 102 Å². The van der Waals surface area contributed by atoms with Crippen molar-refractivity contribution in [2.75, 3.05) is 6.61 Å². The van der Waals surface area contributed by atoms with Crippen LogP contribution in [0.2, 0.25) is 0 Å². The van der Waals surface area contributed by atoms with Gasteiger partial charge in [-0.2, -0.15) is 0 Å². The molecule has 0 radical (unpaired) electrons. The van der Waals surface area contributed by atoms with Gasteiger partial charge < -0.3 is 4.74 Å². The van der Waals surface area contributed by atoms with E-state index in [2.05, 4.69) is 16.6 Å². The van der Waals surface area contributed by atoms with Crippen LogP contribution in [0.1, 0.15) is 41.8 Å². The molecule has 0 fully saturated rings. The number of amidine groups is 1. The van der Waals surface area contributed by atoms with E-state index >= 15 is 0 Å². The molecule has 1 aliphatic heterocycles. The maximum absolute atomic E-state index is 12.2. The molecule has 3 rings (SSSR count). The van der Waals surface area contributed by atoms with Gasteiger partial charge in [0.25, 0.3) is 10.0 Å². The number of hydrogen-bond acceptors (Lipinski definition) is 6. The first kappa shape index (κ1) is 20.7. The Morgan fingerprint density at radius 2 is 1.79 bits per heavy atom. The summed E-state index contributed by atoms with van der Waals surface area (Å²) < 4.78 is 31.6. The van der Waals surface area contributed by atoms with Gasteiger partial charge in [0, 0.05) is 11.1 Å². The highest BCUT2D eigenvalue weighted by Crippen LogP contribution is 2.22. The van der Waals surface area contributed by atoms with Crippen LogP contribution < -0.4 is 4.72 Å². The molecule has 8 heteroatoms. The monoisotopic (exact) mass is 414 g/mol. The molecule has 0 amide bonds. The molecule has 1 aliphatic rings. The van der Waals surface area contributed by atoms with E-state index in [4.69, 9.17) is 4.74 Å². The molecule has 0 saturated heterocycles. The SMILES string of the molecule is CCCc1ccc(C(=O)COC(=O)[C@H](C)N=C2NS(=O)(=O)c3ccccc32)cc1. The van der Waals surface area contributed by atoms with E-state index < -0.39 is 28.6 Å². The molecular formula is C21H22N2O5S. The van der Waals surface area contributed by atoms with Gasteiger partial charge in [-0.1, -0.05) is 49.7 Å². The highest BCUT2D eigenvalue weighted by atomic mass is 32.2. The van der Waals surface area contributed by atoms with Crippen molar-refractivity contribution >= 4 is 27.6 Å². The molecule has 2 aromatic carbocycles. The Bertz CT molecular complexity index is 1060. The number of carbonyl (C=O) groups is 2. The minimum absolute atomic E-state index is 0.0860. The number of ether oxygens (including phenoxy) is 1. The van der Waals surface area contributed by atoms with Gasteiger partial charge in [-0.3, -0.25) is 14.5 Å². The number of esters is 1. The number of rotatable bonds is 7. The number of benzene rings is 2. The Hall–Kier alpha value is -3.00. The van der Waals surface area contributed by atoms with Crippen LogP contribution in [0.4, 0.5) is 0 Å². The van der Waals surface area contributed by atoms with E-state index in [1.54, 1.807) is 30.3 Å². The summed E-state index contributed by atoms with van der Waals surface area (Å²) in [6.07, 6.45) is 1.96. The lowest BCUT2D eigenvalue weighted by molar-refractivity contribution is -0.143. The van der Waals surface area contributed by atoms with Gasteiger partial charge in [-0.15, -0.1) is 0 Å². The fraction of sp³-hybridized carbons (Fsp3) is 0.286. The van der Waals surface area contributed by atoms with Gasteiger partial charge in [0.2, 0.25) is 0 Å². The summed E-state index contributed by atoms with van der Waals surface area (Å²) in [4.78, 5) is 28.7. The van der Waals surface area contributed by atoms with Crippen molar-refractivity contribution in [3.05, 3.63) is 65.2 Å². The van der Waals surface area contributed by atoms with E-state index in [1.165, 1.54) is 13.0 Å². The number of hydrogen-bond donors (Lipinski definition) is 1. The largest absolute Gasteiger partial charge is 0.456 e. The maximum atomic E-state index is 12.2. The summed E-state index contributed by atoms with van der Waals surface area (Å²) in [5, 5.41) is 0. The van der Waals surface area contributed by atoms with Gasteiger partial charge in [-0.25, -0.2) is 13.2 Å². The van der Waals surface area contributed by atoms with E-state index in [0.29, 0.717) is 11.1 Å². The molecule has 152 valence electrons. The molecule has 7 nitrogen and oxygen atoms in total. The minimum atomic E-state index is -3.68. The Morgan fingerprint density at radius 3 is 2.48 bits per heavy atom. The number of Topliss-reactive ketones (excluding diaryl/α,β-unsaturated/α-hetero) is 1. The molecule has 0 unspecified atom stereocenters. The summed E-state index contributed by atoms with van der Waals surface area (Å²) in [6.45, 7) is 3.16. The molecule has 0 saturated carbocycles. The zero-order chi connectivity index (χ0) is 21.0. The third-order valence-corrected chi connectivity index (χ3v) is 5.88. The van der Waals surface area contributed by atoms with E-state index in [0.717, 1.165) is 18.4 Å². The second-order valence-electron chi connectivity index (χ2n) is 6.73. The van der Waals surface area contributed by atoms with Gasteiger partial charge in [-0.05, 0) is 31.0 Å². The molecule has 0 spiro atoms. The normalized spacial score (nSPS) is 16.7. The number of sulfonamides is 1. The molecule has 2 aromatic rings. The molecular weight excluding hydrogens is 392 g/mol. The fourth-order valence-corrected chi connectivity index (χ4v) is 4.20. The smallest absolute Gasteiger partial charge is 0.331 e. The van der Waals surface area contributed by atoms with Crippen LogP contribution in [0, 0.1) is 0 Å². The van der Waals surface area contributed by atoms with Gasteiger partial charge >= 0.3 is 5.97 Å². The molecule has 1 N–H and O–H groups in total. The summed E-state index contributed by atoms with van der Waals surface area (Å²) >= 11 is 0. The van der Waals surface area contributed by atoms with Crippen molar-refractivity contribution in [2.45, 2.75) is 37.6 Å². The van der Waals surface area contributed by atoms with Crippen molar-refractivity contribution < 1.29 is 22.7 Å². The quantitative estimate of drug-likeness (QED) is 0.554. The molecule has 1 atom stereocenters. The third kappa shape index (κ3) is 4.71. The van der Waals surface area contributed by atoms with Crippen molar-refractivity contribution in [2.24, 2.45) is 4.99 Å². The van der Waals surface area contributed by atoms with Crippen LogP contribution in [0.3, 0.4) is 0 Å². The Morgan fingerprint density at radius 1 is 1.10 bits per heavy atom. The number of nitrogens with zero attached hydrogens (tertiary/aromatic N) is 1. The number of ketones is 1. The standard InChI is InChI=1S/C21H22N2O5S/c1-3-6-15-9-11-16(12-10-15)18(24)13-28-21(25)14(2)22-20-17-7-4-5-8-19(17)29(26,27)23-20/h4-5,7-12,14H,3,6,13H2,1-2H3,(H,22,23)/t14-/m0/s1. The lowest BCUT2D eigenvalue weighted by Gasteiger charge is -2.09. The number of carbonyl (C=O) groups excluding carboxylic acids is 2. The third-order valence-electron chi connectivity index (χ3n) is 4.49. The first-order chi connectivity index (χ1) is 13.8. The van der Waals surface area contributed by atoms with Crippen molar-refractivity contribution in [3.8, 4) is 0 Å². The van der Waals surface area contributed by atoms with E-state index in [1.807, 2.05) is 12.1 Å². The van der Waals surface area contributed by atoms with Crippen molar-refractivity contribution in [3.63, 3.8) is 0 Å². The first-order valence-corrected chi connectivity index (χ1v) is 10.8. The average molecular weight is 414 g/mol. The van der Waals surface area contributed by atoms with Crippen LogP contribution in [-0.4, -0.2) is 38.7 Å². The summed E-state index contributed by atoms with van der Waals surface area (Å²) in [6, 6.07) is 12.6. The molecule has 0 aliphatic carbocycles. The van der Waals surface area contributed by atoms with E-state index in [9.17, 15) is 18.0 Å². The molecule has 29 heavy (non-hydrogen) atoms. The zero-order valence-corrected chi connectivity index (χ0v) is 17.0. The van der Waals surface area contributed by atoms with E-state index in [-0.39, 0.29) is 16.5 Å². The highest BCUT2D eigenvalue weighted by Gasteiger charge is 2.31. The van der Waals surface area contributed by atoms with Crippen LogP contribution in [-0.2, 0) is 26.0 Å². The maximum Gasteiger partial charge on any atom is 0.331 e. The highest BCUT2D eigenvalue weighted by molar-refractivity contribution is 7.90. The zero-order valence-electron chi connectivity index (χ0n) is 16.2. The minimum Gasteiger partial charge on any atom is -0.456 e. The van der Waals surface area contributed by atoms with Crippen LogP contribution >= 0.6 is 0 Å². The average Bonchev–Trinajstić information content (AvgIpc) is 2.97.